The Morgan fingerprint density at radius 3 is 2.75 bits per heavy atom. The molecular formula is C16H20N2O2. The molecule has 4 nitrogen and oxygen atoms in total. The van der Waals surface area contributed by atoms with Gasteiger partial charge in [-0.05, 0) is 37.0 Å². The Balaban J connectivity index is 2.07. The maximum absolute atomic E-state index is 6.00. The van der Waals surface area contributed by atoms with Gasteiger partial charge in [-0.25, -0.2) is 0 Å². The number of aromatic nitrogens is 1. The molecule has 0 saturated heterocycles. The zero-order chi connectivity index (χ0) is 14.1. The number of nitrogen functional groups attached to an aromatic ring is 1. The maximum atomic E-state index is 6.00. The van der Waals surface area contributed by atoms with Crippen molar-refractivity contribution in [2.75, 3.05) is 12.8 Å². The van der Waals surface area contributed by atoms with Crippen molar-refractivity contribution in [3.05, 3.63) is 29.5 Å². The van der Waals surface area contributed by atoms with Crippen molar-refractivity contribution in [2.45, 2.75) is 38.5 Å². The standard InChI is InChI=1S/C16H20N2O2/c1-10-7-8-12(9-13(10)19-2)14-15(18-20-16(14)17)11-5-3-4-6-11/h7-9,11H,3-6,17H2,1-2H3. The zero-order valence-electron chi connectivity index (χ0n) is 12.0. The van der Waals surface area contributed by atoms with Crippen LogP contribution in [-0.4, -0.2) is 12.3 Å². The molecule has 3 rings (SSSR count). The first-order chi connectivity index (χ1) is 9.70. The highest BCUT2D eigenvalue weighted by molar-refractivity contribution is 5.77. The molecule has 1 heterocycles. The Kier molecular flexibility index (Phi) is 3.38. The summed E-state index contributed by atoms with van der Waals surface area (Å²) in [5, 5.41) is 4.21. The van der Waals surface area contributed by atoms with Crippen molar-refractivity contribution in [3.8, 4) is 16.9 Å². The minimum atomic E-state index is 0.401. The monoisotopic (exact) mass is 272 g/mol. The summed E-state index contributed by atoms with van der Waals surface area (Å²) in [7, 11) is 1.68. The van der Waals surface area contributed by atoms with Gasteiger partial charge in [0.05, 0.1) is 18.4 Å². The van der Waals surface area contributed by atoms with Gasteiger partial charge in [0.1, 0.15) is 5.75 Å². The highest BCUT2D eigenvalue weighted by atomic mass is 16.5. The predicted molar refractivity (Wildman–Crippen MR) is 78.8 cm³/mol. The molecule has 1 fully saturated rings. The third kappa shape index (κ3) is 2.15. The number of benzene rings is 1. The molecule has 1 aliphatic carbocycles. The lowest BCUT2D eigenvalue weighted by molar-refractivity contribution is 0.412. The molecule has 2 aromatic rings. The van der Waals surface area contributed by atoms with E-state index < -0.39 is 0 Å². The van der Waals surface area contributed by atoms with E-state index >= 15 is 0 Å². The van der Waals surface area contributed by atoms with Crippen LogP contribution in [0.25, 0.3) is 11.1 Å². The van der Waals surface area contributed by atoms with E-state index in [4.69, 9.17) is 15.0 Å². The van der Waals surface area contributed by atoms with E-state index in [0.717, 1.165) is 28.1 Å². The quantitative estimate of drug-likeness (QED) is 0.920. The summed E-state index contributed by atoms with van der Waals surface area (Å²) in [5.74, 6) is 1.73. The van der Waals surface area contributed by atoms with Crippen LogP contribution in [0.1, 0.15) is 42.9 Å². The van der Waals surface area contributed by atoms with Crippen LogP contribution in [0.2, 0.25) is 0 Å². The normalized spacial score (nSPS) is 15.7. The van der Waals surface area contributed by atoms with Gasteiger partial charge in [-0.2, -0.15) is 0 Å². The van der Waals surface area contributed by atoms with E-state index in [0.29, 0.717) is 11.8 Å². The fourth-order valence-electron chi connectivity index (χ4n) is 3.06. The molecule has 1 saturated carbocycles. The van der Waals surface area contributed by atoms with Gasteiger partial charge in [0, 0.05) is 5.92 Å². The number of aryl methyl sites for hydroxylation is 1. The summed E-state index contributed by atoms with van der Waals surface area (Å²) in [6.07, 6.45) is 4.85. The van der Waals surface area contributed by atoms with Gasteiger partial charge in [0.2, 0.25) is 5.88 Å². The van der Waals surface area contributed by atoms with Crippen LogP contribution in [0.5, 0.6) is 5.75 Å². The molecule has 0 atom stereocenters. The molecule has 106 valence electrons. The van der Waals surface area contributed by atoms with Gasteiger partial charge in [-0.1, -0.05) is 30.1 Å². The first-order valence-electron chi connectivity index (χ1n) is 7.10. The minimum absolute atomic E-state index is 0.401. The second-order valence-electron chi connectivity index (χ2n) is 5.47. The molecule has 0 spiro atoms. The van der Waals surface area contributed by atoms with E-state index in [1.165, 1.54) is 25.7 Å². The van der Waals surface area contributed by atoms with Crippen LogP contribution in [0.3, 0.4) is 0 Å². The number of methoxy groups -OCH3 is 1. The molecule has 0 aliphatic heterocycles. The summed E-state index contributed by atoms with van der Waals surface area (Å²) in [4.78, 5) is 0. The minimum Gasteiger partial charge on any atom is -0.496 e. The fraction of sp³-hybridized carbons (Fsp3) is 0.438. The highest BCUT2D eigenvalue weighted by Gasteiger charge is 2.26. The lowest BCUT2D eigenvalue weighted by atomic mass is 9.95. The number of rotatable bonds is 3. The molecule has 1 aromatic heterocycles. The maximum Gasteiger partial charge on any atom is 0.230 e. The van der Waals surface area contributed by atoms with Crippen LogP contribution in [0.4, 0.5) is 5.88 Å². The molecule has 1 aromatic carbocycles. The molecule has 0 bridgehead atoms. The number of anilines is 1. The second kappa shape index (κ2) is 5.19. The van der Waals surface area contributed by atoms with Crippen LogP contribution in [-0.2, 0) is 0 Å². The van der Waals surface area contributed by atoms with Crippen LogP contribution in [0.15, 0.2) is 22.7 Å². The Morgan fingerprint density at radius 2 is 2.05 bits per heavy atom. The van der Waals surface area contributed by atoms with E-state index in [2.05, 4.69) is 11.2 Å². The molecule has 4 heteroatoms. The molecule has 2 N–H and O–H groups in total. The van der Waals surface area contributed by atoms with Gasteiger partial charge in [-0.3, -0.25) is 0 Å². The smallest absolute Gasteiger partial charge is 0.230 e. The first kappa shape index (κ1) is 13.0. The molecule has 20 heavy (non-hydrogen) atoms. The lowest BCUT2D eigenvalue weighted by Gasteiger charge is -2.10. The number of hydrogen-bond acceptors (Lipinski definition) is 4. The van der Waals surface area contributed by atoms with Crippen molar-refractivity contribution in [1.82, 2.24) is 5.16 Å². The lowest BCUT2D eigenvalue weighted by Crippen LogP contribution is -1.97. The molecule has 0 unspecified atom stereocenters. The van der Waals surface area contributed by atoms with Crippen molar-refractivity contribution >= 4 is 5.88 Å². The molecule has 0 radical (unpaired) electrons. The average Bonchev–Trinajstić information content (AvgIpc) is 3.08. The van der Waals surface area contributed by atoms with Gasteiger partial charge in [0.15, 0.2) is 0 Å². The van der Waals surface area contributed by atoms with E-state index in [1.807, 2.05) is 19.1 Å². The largest absolute Gasteiger partial charge is 0.496 e. The number of ether oxygens (including phenoxy) is 1. The fourth-order valence-corrected chi connectivity index (χ4v) is 3.06. The Bertz CT molecular complexity index is 613. The molecule has 1 aliphatic rings. The number of nitrogens with zero attached hydrogens (tertiary/aromatic N) is 1. The van der Waals surface area contributed by atoms with Crippen molar-refractivity contribution < 1.29 is 9.26 Å². The zero-order valence-corrected chi connectivity index (χ0v) is 12.0. The van der Waals surface area contributed by atoms with Gasteiger partial charge >= 0.3 is 0 Å². The summed E-state index contributed by atoms with van der Waals surface area (Å²) < 4.78 is 10.7. The summed E-state index contributed by atoms with van der Waals surface area (Å²) in [6.45, 7) is 2.03. The highest BCUT2D eigenvalue weighted by Crippen LogP contribution is 2.42. The molecular weight excluding hydrogens is 252 g/mol. The third-order valence-electron chi connectivity index (χ3n) is 4.18. The summed E-state index contributed by atoms with van der Waals surface area (Å²) in [6, 6.07) is 6.11. The van der Waals surface area contributed by atoms with E-state index in [1.54, 1.807) is 7.11 Å². The Labute approximate surface area is 118 Å². The second-order valence-corrected chi connectivity index (χ2v) is 5.47. The van der Waals surface area contributed by atoms with Crippen molar-refractivity contribution in [3.63, 3.8) is 0 Å². The average molecular weight is 272 g/mol. The number of hydrogen-bond donors (Lipinski definition) is 1. The van der Waals surface area contributed by atoms with E-state index in [9.17, 15) is 0 Å². The topological polar surface area (TPSA) is 61.3 Å². The SMILES string of the molecule is COc1cc(-c2c(C3CCCC3)noc2N)ccc1C. The van der Waals surface area contributed by atoms with Crippen LogP contribution < -0.4 is 10.5 Å². The van der Waals surface area contributed by atoms with Crippen LogP contribution >= 0.6 is 0 Å². The summed E-state index contributed by atoms with van der Waals surface area (Å²) in [5.41, 5.74) is 10.1. The van der Waals surface area contributed by atoms with Crippen LogP contribution in [0, 0.1) is 6.92 Å². The number of nitrogens with two attached hydrogens (primary N) is 1. The van der Waals surface area contributed by atoms with Crippen molar-refractivity contribution in [2.24, 2.45) is 0 Å². The van der Waals surface area contributed by atoms with Gasteiger partial charge in [0.25, 0.3) is 0 Å². The van der Waals surface area contributed by atoms with Crippen molar-refractivity contribution in [1.29, 1.82) is 0 Å². The molecule has 0 amide bonds. The Morgan fingerprint density at radius 1 is 1.30 bits per heavy atom. The summed E-state index contributed by atoms with van der Waals surface area (Å²) >= 11 is 0. The Hall–Kier alpha value is -1.97. The first-order valence-corrected chi connectivity index (χ1v) is 7.10. The van der Waals surface area contributed by atoms with Gasteiger partial charge < -0.3 is 15.0 Å². The third-order valence-corrected chi connectivity index (χ3v) is 4.18. The van der Waals surface area contributed by atoms with E-state index in [-0.39, 0.29) is 0 Å². The van der Waals surface area contributed by atoms with Gasteiger partial charge in [-0.15, -0.1) is 0 Å². The predicted octanol–water partition coefficient (Wildman–Crippen LogP) is 3.90.